The largest absolute Gasteiger partial charge is 0.455 e. The lowest BCUT2D eigenvalue weighted by molar-refractivity contribution is 0.669. The minimum atomic E-state index is 0.909. The topological polar surface area (TPSA) is 36.1 Å². The summed E-state index contributed by atoms with van der Waals surface area (Å²) < 4.78 is 17.8. The highest BCUT2D eigenvalue weighted by Gasteiger charge is 2.20. The van der Waals surface area contributed by atoms with Crippen LogP contribution in [0.25, 0.3) is 132 Å². The van der Waals surface area contributed by atoms with E-state index in [0.717, 1.165) is 88.5 Å². The van der Waals surface area contributed by atoms with Crippen LogP contribution in [-0.2, 0) is 0 Å². The van der Waals surface area contributed by atoms with Crippen LogP contribution in [0.3, 0.4) is 0 Å². The zero-order chi connectivity index (χ0) is 42.8. The quantitative estimate of drug-likeness (QED) is 0.173. The fourth-order valence-corrected chi connectivity index (χ4v) is 10.7. The molecule has 0 radical (unpaired) electrons. The van der Waals surface area contributed by atoms with Gasteiger partial charge in [-0.2, -0.15) is 0 Å². The van der Waals surface area contributed by atoms with E-state index in [0.29, 0.717) is 0 Å². The first-order valence-corrected chi connectivity index (χ1v) is 22.2. The molecule has 10 aromatic carbocycles. The lowest BCUT2D eigenvalue weighted by Gasteiger charge is -2.15. The van der Waals surface area contributed by atoms with Gasteiger partial charge < -0.3 is 18.0 Å². The van der Waals surface area contributed by atoms with E-state index in [2.05, 4.69) is 204 Å². The Labute approximate surface area is 373 Å². The third kappa shape index (κ3) is 5.32. The third-order valence-electron chi connectivity index (χ3n) is 13.7. The maximum Gasteiger partial charge on any atom is 0.143 e. The summed E-state index contributed by atoms with van der Waals surface area (Å²) in [5.74, 6) is 0. The molecule has 0 spiro atoms. The van der Waals surface area contributed by atoms with Crippen LogP contribution in [0, 0.1) is 6.92 Å². The van der Waals surface area contributed by atoms with E-state index in [1.165, 1.54) is 49.3 Å². The maximum absolute atomic E-state index is 6.49. The average Bonchev–Trinajstić information content (AvgIpc) is 4.12. The molecule has 4 aromatic heterocycles. The molecule has 4 heteroatoms. The molecule has 0 N–H and O–H groups in total. The van der Waals surface area contributed by atoms with E-state index in [-0.39, 0.29) is 0 Å². The molecule has 14 aromatic rings. The molecule has 4 nitrogen and oxygen atoms in total. The van der Waals surface area contributed by atoms with Crippen molar-refractivity contribution in [1.82, 2.24) is 9.13 Å². The Kier molecular flexibility index (Phi) is 7.57. The van der Waals surface area contributed by atoms with Crippen molar-refractivity contribution in [3.05, 3.63) is 218 Å². The van der Waals surface area contributed by atoms with Crippen LogP contribution in [0.4, 0.5) is 0 Å². The minimum absolute atomic E-state index is 0.909. The number of nitrogens with zero attached hydrogens (tertiary/aromatic N) is 2. The van der Waals surface area contributed by atoms with Gasteiger partial charge in [0.25, 0.3) is 0 Å². The van der Waals surface area contributed by atoms with Crippen molar-refractivity contribution in [3.63, 3.8) is 0 Å². The molecule has 0 aliphatic rings. The Balaban J connectivity index is 0.889. The number of benzene rings is 10. The Morgan fingerprint density at radius 1 is 0.292 bits per heavy atom. The zero-order valence-electron chi connectivity index (χ0n) is 35.4. The Bertz CT molecular complexity index is 4270. The molecule has 0 bridgehead atoms. The van der Waals surface area contributed by atoms with Crippen molar-refractivity contribution < 1.29 is 8.83 Å². The first-order valence-electron chi connectivity index (χ1n) is 22.2. The zero-order valence-corrected chi connectivity index (χ0v) is 35.4. The normalized spacial score (nSPS) is 12.1. The highest BCUT2D eigenvalue weighted by atomic mass is 16.3. The van der Waals surface area contributed by atoms with Crippen LogP contribution in [0.5, 0.6) is 0 Å². The van der Waals surface area contributed by atoms with Crippen molar-refractivity contribution in [2.75, 3.05) is 0 Å². The standard InChI is InChI=1S/C61H38N2O2/c1-37-27-30-42(63-55-24-7-3-16-46(55)53-35-40(29-32-57(53)63)44-20-12-22-50-48-18-5-9-26-59(48)65-61(44)50)36-51(37)38-13-10-14-41(33-38)62-54-23-6-2-15-45(54)52-34-39(28-31-56(52)62)43-19-11-21-49-47-17-4-8-25-58(47)64-60(43)49/h2-36H,1H3. The van der Waals surface area contributed by atoms with Gasteiger partial charge in [0.2, 0.25) is 0 Å². The minimum Gasteiger partial charge on any atom is -0.455 e. The van der Waals surface area contributed by atoms with Gasteiger partial charge in [-0.05, 0) is 108 Å². The van der Waals surface area contributed by atoms with E-state index in [1.54, 1.807) is 0 Å². The Hall–Kier alpha value is -8.60. The molecule has 0 aliphatic heterocycles. The SMILES string of the molecule is Cc1ccc(-n2c3ccccc3c3cc(-c4cccc5c4oc4ccccc45)ccc32)cc1-c1cccc(-n2c3ccccc3c3cc(-c4cccc5c4oc4ccccc45)ccc32)c1. The van der Waals surface area contributed by atoms with Gasteiger partial charge in [-0.15, -0.1) is 0 Å². The number of fused-ring (bicyclic) bond motifs is 12. The fraction of sp³-hybridized carbons (Fsp3) is 0.0164. The molecule has 0 atom stereocenters. The molecule has 0 amide bonds. The summed E-state index contributed by atoms with van der Waals surface area (Å²) in [6.45, 7) is 2.22. The second-order valence-corrected chi connectivity index (χ2v) is 17.3. The summed E-state index contributed by atoms with van der Waals surface area (Å²) in [5.41, 5.74) is 18.6. The number of hydrogen-bond donors (Lipinski definition) is 0. The number of hydrogen-bond acceptors (Lipinski definition) is 2. The highest BCUT2D eigenvalue weighted by molar-refractivity contribution is 6.15. The van der Waals surface area contributed by atoms with E-state index >= 15 is 0 Å². The number of aryl methyl sites for hydroxylation is 1. The molecule has 304 valence electrons. The molecule has 0 fully saturated rings. The van der Waals surface area contributed by atoms with E-state index in [4.69, 9.17) is 8.83 Å². The van der Waals surface area contributed by atoms with Crippen LogP contribution in [0.2, 0.25) is 0 Å². The predicted molar refractivity (Wildman–Crippen MR) is 271 cm³/mol. The number of para-hydroxylation sites is 6. The molecular formula is C61H38N2O2. The van der Waals surface area contributed by atoms with Crippen molar-refractivity contribution in [2.45, 2.75) is 6.92 Å². The third-order valence-corrected chi connectivity index (χ3v) is 13.7. The molecule has 4 heterocycles. The molecule has 0 aliphatic carbocycles. The summed E-state index contributed by atoms with van der Waals surface area (Å²) >= 11 is 0. The second kappa shape index (κ2) is 13.7. The molecule has 0 saturated carbocycles. The molecule has 65 heavy (non-hydrogen) atoms. The lowest BCUT2D eigenvalue weighted by Crippen LogP contribution is -1.97. The summed E-state index contributed by atoms with van der Waals surface area (Å²) in [7, 11) is 0. The average molecular weight is 831 g/mol. The van der Waals surface area contributed by atoms with E-state index in [1.807, 2.05) is 24.3 Å². The fourth-order valence-electron chi connectivity index (χ4n) is 10.7. The highest BCUT2D eigenvalue weighted by Crippen LogP contribution is 2.42. The van der Waals surface area contributed by atoms with Gasteiger partial charge >= 0.3 is 0 Å². The lowest BCUT2D eigenvalue weighted by atomic mass is 9.99. The number of aromatic nitrogens is 2. The van der Waals surface area contributed by atoms with Crippen LogP contribution in [-0.4, -0.2) is 9.13 Å². The molecule has 14 rings (SSSR count). The van der Waals surface area contributed by atoms with Crippen molar-refractivity contribution in [2.24, 2.45) is 0 Å². The predicted octanol–water partition coefficient (Wildman–Crippen LogP) is 17.0. The Morgan fingerprint density at radius 2 is 0.738 bits per heavy atom. The Morgan fingerprint density at radius 3 is 1.31 bits per heavy atom. The van der Waals surface area contributed by atoms with Gasteiger partial charge in [0.05, 0.1) is 22.1 Å². The van der Waals surface area contributed by atoms with Gasteiger partial charge in [0.1, 0.15) is 22.3 Å². The second-order valence-electron chi connectivity index (χ2n) is 17.3. The molecular weight excluding hydrogens is 793 g/mol. The van der Waals surface area contributed by atoms with Crippen LogP contribution < -0.4 is 0 Å². The summed E-state index contributed by atoms with van der Waals surface area (Å²) in [6.07, 6.45) is 0. The first kappa shape index (κ1) is 35.9. The van der Waals surface area contributed by atoms with Crippen molar-refractivity contribution >= 4 is 87.5 Å². The summed E-state index contributed by atoms with van der Waals surface area (Å²) in [4.78, 5) is 0. The number of rotatable bonds is 5. The molecule has 0 unspecified atom stereocenters. The van der Waals surface area contributed by atoms with Crippen LogP contribution in [0.15, 0.2) is 221 Å². The van der Waals surface area contributed by atoms with Gasteiger partial charge in [-0.1, -0.05) is 140 Å². The van der Waals surface area contributed by atoms with Gasteiger partial charge in [-0.3, -0.25) is 0 Å². The summed E-state index contributed by atoms with van der Waals surface area (Å²) in [6, 6.07) is 76.6. The van der Waals surface area contributed by atoms with Crippen molar-refractivity contribution in [3.8, 4) is 44.8 Å². The van der Waals surface area contributed by atoms with Crippen LogP contribution >= 0.6 is 0 Å². The molecule has 0 saturated heterocycles. The van der Waals surface area contributed by atoms with Gasteiger partial charge in [0, 0.05) is 65.6 Å². The van der Waals surface area contributed by atoms with Crippen molar-refractivity contribution in [1.29, 1.82) is 0 Å². The number of furan rings is 2. The summed E-state index contributed by atoms with van der Waals surface area (Å²) in [5, 5.41) is 9.40. The van der Waals surface area contributed by atoms with Crippen LogP contribution in [0.1, 0.15) is 5.56 Å². The maximum atomic E-state index is 6.49. The monoisotopic (exact) mass is 830 g/mol. The van der Waals surface area contributed by atoms with E-state index in [9.17, 15) is 0 Å². The van der Waals surface area contributed by atoms with Gasteiger partial charge in [0.15, 0.2) is 0 Å². The smallest absolute Gasteiger partial charge is 0.143 e. The van der Waals surface area contributed by atoms with E-state index < -0.39 is 0 Å². The first-order chi connectivity index (χ1) is 32.1. The van der Waals surface area contributed by atoms with Gasteiger partial charge in [-0.25, -0.2) is 0 Å².